The summed E-state index contributed by atoms with van der Waals surface area (Å²) in [6, 6.07) is 17.0. The Morgan fingerprint density at radius 3 is 2.40 bits per heavy atom. The van der Waals surface area contributed by atoms with E-state index < -0.39 is 0 Å². The quantitative estimate of drug-likeness (QED) is 0.515. The van der Waals surface area contributed by atoms with Crippen LogP contribution in [0.3, 0.4) is 0 Å². The number of piperazine rings is 1. The fourth-order valence-electron chi connectivity index (χ4n) is 5.04. The maximum absolute atomic E-state index is 13.5. The highest BCUT2D eigenvalue weighted by Crippen LogP contribution is 2.34. The number of carbonyl (C=O) groups is 1. The molecule has 3 heterocycles. The van der Waals surface area contributed by atoms with E-state index in [1.165, 1.54) is 16.8 Å². The molecule has 3 aromatic rings. The lowest BCUT2D eigenvalue weighted by Gasteiger charge is -2.40. The van der Waals surface area contributed by atoms with Gasteiger partial charge in [0, 0.05) is 62.2 Å². The SMILES string of the molecule is Cc1ccc(Sc2nccnc2N2CCC[C@H](C(=O)N3CCN(c4ccccc4C)CC3)C2)cc1. The number of hydrogen-bond acceptors (Lipinski definition) is 6. The van der Waals surface area contributed by atoms with Gasteiger partial charge >= 0.3 is 0 Å². The monoisotopic (exact) mass is 487 g/mol. The van der Waals surface area contributed by atoms with Gasteiger partial charge in [0.1, 0.15) is 5.03 Å². The zero-order chi connectivity index (χ0) is 24.2. The number of nitrogens with zero attached hydrogens (tertiary/aromatic N) is 5. The van der Waals surface area contributed by atoms with Crippen molar-refractivity contribution in [2.45, 2.75) is 36.6 Å². The Balaban J connectivity index is 1.23. The van der Waals surface area contributed by atoms with Crippen LogP contribution in [0.4, 0.5) is 11.5 Å². The molecule has 0 unspecified atom stereocenters. The number of anilines is 2. The van der Waals surface area contributed by atoms with Crippen molar-refractivity contribution < 1.29 is 4.79 Å². The molecular weight excluding hydrogens is 454 g/mol. The number of benzene rings is 2. The third-order valence-electron chi connectivity index (χ3n) is 7.00. The maximum atomic E-state index is 13.5. The van der Waals surface area contributed by atoms with Gasteiger partial charge in [-0.2, -0.15) is 0 Å². The van der Waals surface area contributed by atoms with Crippen molar-refractivity contribution in [3.8, 4) is 0 Å². The number of piperidine rings is 1. The summed E-state index contributed by atoms with van der Waals surface area (Å²) in [5.41, 5.74) is 3.81. The van der Waals surface area contributed by atoms with E-state index in [0.29, 0.717) is 6.54 Å². The second-order valence-electron chi connectivity index (χ2n) is 9.48. The first-order valence-electron chi connectivity index (χ1n) is 12.5. The van der Waals surface area contributed by atoms with Crippen LogP contribution in [0.5, 0.6) is 0 Å². The molecule has 1 amide bonds. The van der Waals surface area contributed by atoms with Crippen molar-refractivity contribution in [1.82, 2.24) is 14.9 Å². The van der Waals surface area contributed by atoms with Gasteiger partial charge in [-0.25, -0.2) is 9.97 Å². The van der Waals surface area contributed by atoms with Gasteiger partial charge in [-0.15, -0.1) is 0 Å². The molecule has 2 fully saturated rings. The predicted octanol–water partition coefficient (Wildman–Crippen LogP) is 4.81. The fourth-order valence-corrected chi connectivity index (χ4v) is 5.92. The average molecular weight is 488 g/mol. The highest BCUT2D eigenvalue weighted by molar-refractivity contribution is 7.99. The summed E-state index contributed by atoms with van der Waals surface area (Å²) in [5.74, 6) is 1.18. The fraction of sp³-hybridized carbons (Fsp3) is 0.393. The number of amides is 1. The Hall–Kier alpha value is -3.06. The molecule has 0 bridgehead atoms. The summed E-state index contributed by atoms with van der Waals surface area (Å²) in [5, 5.41) is 0.899. The Kier molecular flexibility index (Phi) is 7.23. The first-order chi connectivity index (χ1) is 17.1. The average Bonchev–Trinajstić information content (AvgIpc) is 2.90. The number of carbonyl (C=O) groups excluding carboxylic acids is 1. The van der Waals surface area contributed by atoms with Crippen LogP contribution in [0, 0.1) is 19.8 Å². The van der Waals surface area contributed by atoms with E-state index in [2.05, 4.69) is 87.0 Å². The molecule has 0 spiro atoms. The van der Waals surface area contributed by atoms with Crippen LogP contribution in [0.15, 0.2) is 70.8 Å². The smallest absolute Gasteiger partial charge is 0.227 e. The minimum atomic E-state index is 0.00740. The summed E-state index contributed by atoms with van der Waals surface area (Å²) >= 11 is 1.64. The molecular formula is C28H33N5OS. The van der Waals surface area contributed by atoms with E-state index in [0.717, 1.165) is 61.3 Å². The highest BCUT2D eigenvalue weighted by Gasteiger charge is 2.32. The Bertz CT molecular complexity index is 1160. The number of aryl methyl sites for hydroxylation is 2. The molecule has 0 aliphatic carbocycles. The largest absolute Gasteiger partial charge is 0.368 e. The van der Waals surface area contributed by atoms with Crippen molar-refractivity contribution in [3.05, 3.63) is 72.1 Å². The summed E-state index contributed by atoms with van der Waals surface area (Å²) in [6.45, 7) is 9.19. The molecule has 2 saturated heterocycles. The third kappa shape index (κ3) is 5.45. The molecule has 0 radical (unpaired) electrons. The Morgan fingerprint density at radius 1 is 0.886 bits per heavy atom. The van der Waals surface area contributed by atoms with Crippen molar-refractivity contribution in [2.75, 3.05) is 49.1 Å². The summed E-state index contributed by atoms with van der Waals surface area (Å²) in [4.78, 5) is 30.7. The standard InChI is InChI=1S/C28H33N5OS/c1-21-9-11-24(12-10-21)35-27-26(29-13-14-30-27)33-15-5-7-23(20-33)28(34)32-18-16-31(17-19-32)25-8-4-3-6-22(25)2/h3-4,6,8-14,23H,5,7,15-20H2,1-2H3/t23-/m0/s1. The Morgan fingerprint density at radius 2 is 1.63 bits per heavy atom. The molecule has 6 nitrogen and oxygen atoms in total. The molecule has 7 heteroatoms. The van der Waals surface area contributed by atoms with Gasteiger partial charge in [-0.3, -0.25) is 4.79 Å². The summed E-state index contributed by atoms with van der Waals surface area (Å²) in [6.07, 6.45) is 5.43. The highest BCUT2D eigenvalue weighted by atomic mass is 32.2. The van der Waals surface area contributed by atoms with Gasteiger partial charge in [0.15, 0.2) is 5.82 Å². The van der Waals surface area contributed by atoms with Gasteiger partial charge in [0.25, 0.3) is 0 Å². The van der Waals surface area contributed by atoms with E-state index in [1.54, 1.807) is 24.2 Å². The number of aromatic nitrogens is 2. The molecule has 2 aromatic carbocycles. The molecule has 2 aliphatic heterocycles. The number of hydrogen-bond donors (Lipinski definition) is 0. The second kappa shape index (κ2) is 10.7. The van der Waals surface area contributed by atoms with E-state index in [4.69, 9.17) is 0 Å². The maximum Gasteiger partial charge on any atom is 0.227 e. The minimum absolute atomic E-state index is 0.00740. The topological polar surface area (TPSA) is 52.6 Å². The normalized spacial score (nSPS) is 18.6. The second-order valence-corrected chi connectivity index (χ2v) is 10.5. The van der Waals surface area contributed by atoms with Crippen LogP contribution in [0.2, 0.25) is 0 Å². The van der Waals surface area contributed by atoms with E-state index >= 15 is 0 Å². The van der Waals surface area contributed by atoms with E-state index in [9.17, 15) is 4.79 Å². The molecule has 5 rings (SSSR count). The van der Waals surface area contributed by atoms with E-state index in [1.807, 2.05) is 0 Å². The van der Waals surface area contributed by atoms with Crippen LogP contribution in [0.25, 0.3) is 0 Å². The van der Waals surface area contributed by atoms with Gasteiger partial charge in [-0.05, 0) is 50.5 Å². The first-order valence-corrected chi connectivity index (χ1v) is 13.3. The predicted molar refractivity (Wildman–Crippen MR) is 142 cm³/mol. The van der Waals surface area contributed by atoms with Crippen molar-refractivity contribution in [2.24, 2.45) is 5.92 Å². The lowest BCUT2D eigenvalue weighted by atomic mass is 9.96. The molecule has 1 atom stereocenters. The molecule has 182 valence electrons. The zero-order valence-electron chi connectivity index (χ0n) is 20.6. The zero-order valence-corrected chi connectivity index (χ0v) is 21.4. The van der Waals surface area contributed by atoms with Crippen LogP contribution < -0.4 is 9.80 Å². The number of para-hydroxylation sites is 1. The third-order valence-corrected chi connectivity index (χ3v) is 7.99. The number of rotatable bonds is 5. The van der Waals surface area contributed by atoms with Gasteiger partial charge < -0.3 is 14.7 Å². The van der Waals surface area contributed by atoms with Gasteiger partial charge in [0.05, 0.1) is 5.92 Å². The first kappa shape index (κ1) is 23.7. The van der Waals surface area contributed by atoms with Gasteiger partial charge in [-0.1, -0.05) is 47.7 Å². The van der Waals surface area contributed by atoms with Crippen LogP contribution in [-0.2, 0) is 4.79 Å². The minimum Gasteiger partial charge on any atom is -0.368 e. The van der Waals surface area contributed by atoms with Crippen LogP contribution in [0.1, 0.15) is 24.0 Å². The molecule has 35 heavy (non-hydrogen) atoms. The van der Waals surface area contributed by atoms with Gasteiger partial charge in [0.2, 0.25) is 5.91 Å². The lowest BCUT2D eigenvalue weighted by molar-refractivity contribution is -0.136. The Labute approximate surface area is 212 Å². The van der Waals surface area contributed by atoms with E-state index in [-0.39, 0.29) is 11.8 Å². The summed E-state index contributed by atoms with van der Waals surface area (Å²) < 4.78 is 0. The van der Waals surface area contributed by atoms with Crippen molar-refractivity contribution >= 4 is 29.2 Å². The molecule has 1 aromatic heterocycles. The van der Waals surface area contributed by atoms with Crippen molar-refractivity contribution in [1.29, 1.82) is 0 Å². The molecule has 2 aliphatic rings. The molecule has 0 N–H and O–H groups in total. The van der Waals surface area contributed by atoms with Crippen LogP contribution >= 0.6 is 11.8 Å². The lowest BCUT2D eigenvalue weighted by Crippen LogP contribution is -2.52. The van der Waals surface area contributed by atoms with Crippen LogP contribution in [-0.4, -0.2) is 60.0 Å². The molecule has 0 saturated carbocycles. The van der Waals surface area contributed by atoms with Crippen molar-refractivity contribution in [3.63, 3.8) is 0 Å². The summed E-state index contributed by atoms with van der Waals surface area (Å²) in [7, 11) is 0.